The Bertz CT molecular complexity index is 955. The summed E-state index contributed by atoms with van der Waals surface area (Å²) in [6, 6.07) is 9.23. The molecule has 3 rings (SSSR count). The molecule has 0 atom stereocenters. The van der Waals surface area contributed by atoms with Gasteiger partial charge in [0.1, 0.15) is 4.21 Å². The van der Waals surface area contributed by atoms with E-state index in [1.807, 2.05) is 50.5 Å². The molecule has 0 saturated carbocycles. The summed E-state index contributed by atoms with van der Waals surface area (Å²) in [5.41, 5.74) is 4.24. The van der Waals surface area contributed by atoms with E-state index in [2.05, 4.69) is 9.82 Å². The van der Waals surface area contributed by atoms with Gasteiger partial charge in [-0.15, -0.1) is 11.3 Å². The Hall–Kier alpha value is -2.12. The number of aryl methyl sites for hydroxylation is 3. The minimum absolute atomic E-state index is 0.287. The first kappa shape index (κ1) is 15.8. The molecule has 5 nitrogen and oxygen atoms in total. The van der Waals surface area contributed by atoms with Gasteiger partial charge in [0, 0.05) is 24.2 Å². The third-order valence-electron chi connectivity index (χ3n) is 3.59. The van der Waals surface area contributed by atoms with Crippen LogP contribution in [0.25, 0.3) is 11.3 Å². The molecule has 0 fully saturated rings. The number of sulfonamides is 1. The molecule has 0 aliphatic heterocycles. The van der Waals surface area contributed by atoms with Crippen LogP contribution in [-0.2, 0) is 17.1 Å². The molecule has 0 amide bonds. The maximum Gasteiger partial charge on any atom is 0.271 e. The van der Waals surface area contributed by atoms with Gasteiger partial charge in [-0.3, -0.25) is 9.40 Å². The van der Waals surface area contributed by atoms with Gasteiger partial charge in [-0.2, -0.15) is 5.10 Å². The van der Waals surface area contributed by atoms with Crippen molar-refractivity contribution in [2.75, 3.05) is 4.72 Å². The SMILES string of the molecule is Cc1ccc(C)c(NS(=O)(=O)c2cc(-c3ccnn3C)cs2)c1. The van der Waals surface area contributed by atoms with Gasteiger partial charge in [0.05, 0.1) is 11.4 Å². The molecule has 0 bridgehead atoms. The van der Waals surface area contributed by atoms with Crippen LogP contribution in [0.5, 0.6) is 0 Å². The number of nitrogens with zero attached hydrogens (tertiary/aromatic N) is 2. The summed E-state index contributed by atoms with van der Waals surface area (Å²) in [4.78, 5) is 0. The molecule has 1 aromatic carbocycles. The van der Waals surface area contributed by atoms with Crippen LogP contribution >= 0.6 is 11.3 Å². The topological polar surface area (TPSA) is 64.0 Å². The number of anilines is 1. The predicted octanol–water partition coefficient (Wildman–Crippen LogP) is 3.57. The van der Waals surface area contributed by atoms with Crippen LogP contribution < -0.4 is 4.72 Å². The lowest BCUT2D eigenvalue weighted by molar-refractivity contribution is 0.603. The molecule has 2 aromatic heterocycles. The standard InChI is InChI=1S/C16H17N3O2S2/c1-11-4-5-12(2)14(8-11)18-23(20,21)16-9-13(10-22-16)15-6-7-17-19(15)3/h4-10,18H,1-3H3. The number of rotatable bonds is 4. The largest absolute Gasteiger partial charge is 0.279 e. The van der Waals surface area contributed by atoms with E-state index in [-0.39, 0.29) is 4.21 Å². The van der Waals surface area contributed by atoms with E-state index in [1.165, 1.54) is 11.3 Å². The second-order valence-corrected chi connectivity index (χ2v) is 8.24. The van der Waals surface area contributed by atoms with Crippen molar-refractivity contribution >= 4 is 27.0 Å². The zero-order valence-electron chi connectivity index (χ0n) is 13.1. The van der Waals surface area contributed by atoms with Crippen molar-refractivity contribution < 1.29 is 8.42 Å². The van der Waals surface area contributed by atoms with Gasteiger partial charge in [-0.05, 0) is 43.2 Å². The van der Waals surface area contributed by atoms with Crippen molar-refractivity contribution in [3.63, 3.8) is 0 Å². The first-order valence-corrected chi connectivity index (χ1v) is 9.40. The quantitative estimate of drug-likeness (QED) is 0.785. The molecule has 0 aliphatic carbocycles. The fourth-order valence-corrected chi connectivity index (χ4v) is 4.58. The predicted molar refractivity (Wildman–Crippen MR) is 93.2 cm³/mol. The number of nitrogens with one attached hydrogen (secondary N) is 1. The van der Waals surface area contributed by atoms with E-state index in [0.717, 1.165) is 22.4 Å². The molecule has 0 radical (unpaired) electrons. The number of benzene rings is 1. The van der Waals surface area contributed by atoms with Gasteiger partial charge >= 0.3 is 0 Å². The Morgan fingerprint density at radius 3 is 2.65 bits per heavy atom. The van der Waals surface area contributed by atoms with Gasteiger partial charge < -0.3 is 0 Å². The lowest BCUT2D eigenvalue weighted by Crippen LogP contribution is -2.12. The number of hydrogen-bond donors (Lipinski definition) is 1. The molecule has 120 valence electrons. The minimum Gasteiger partial charge on any atom is -0.279 e. The normalized spacial score (nSPS) is 11.6. The molecular formula is C16H17N3O2S2. The van der Waals surface area contributed by atoms with E-state index in [4.69, 9.17) is 0 Å². The third-order valence-corrected chi connectivity index (χ3v) is 6.40. The van der Waals surface area contributed by atoms with Crippen LogP contribution in [0, 0.1) is 13.8 Å². The lowest BCUT2D eigenvalue weighted by atomic mass is 10.1. The number of hydrogen-bond acceptors (Lipinski definition) is 4. The van der Waals surface area contributed by atoms with E-state index in [0.29, 0.717) is 5.69 Å². The third kappa shape index (κ3) is 3.16. The number of aromatic nitrogens is 2. The maximum atomic E-state index is 12.6. The summed E-state index contributed by atoms with van der Waals surface area (Å²) in [6.07, 6.45) is 1.69. The second kappa shape index (κ2) is 5.82. The first-order chi connectivity index (χ1) is 10.9. The average Bonchev–Trinajstić information content (AvgIpc) is 3.11. The molecule has 7 heteroatoms. The highest BCUT2D eigenvalue weighted by Gasteiger charge is 2.19. The molecule has 2 heterocycles. The highest BCUT2D eigenvalue weighted by atomic mass is 32.2. The highest BCUT2D eigenvalue weighted by molar-refractivity contribution is 7.94. The first-order valence-electron chi connectivity index (χ1n) is 7.04. The van der Waals surface area contributed by atoms with Crippen LogP contribution in [0.15, 0.2) is 46.1 Å². The van der Waals surface area contributed by atoms with Crippen LogP contribution in [0.4, 0.5) is 5.69 Å². The Labute approximate surface area is 139 Å². The summed E-state index contributed by atoms with van der Waals surface area (Å²) < 4.78 is 29.9. The fourth-order valence-electron chi connectivity index (χ4n) is 2.29. The minimum atomic E-state index is -3.60. The average molecular weight is 347 g/mol. The molecule has 3 aromatic rings. The van der Waals surface area contributed by atoms with Gasteiger partial charge in [-0.25, -0.2) is 8.42 Å². The van der Waals surface area contributed by atoms with Gasteiger partial charge in [-0.1, -0.05) is 12.1 Å². The van der Waals surface area contributed by atoms with Crippen molar-refractivity contribution in [3.05, 3.63) is 53.0 Å². The number of thiophene rings is 1. The van der Waals surface area contributed by atoms with E-state index >= 15 is 0 Å². The van der Waals surface area contributed by atoms with E-state index in [9.17, 15) is 8.42 Å². The molecule has 23 heavy (non-hydrogen) atoms. The van der Waals surface area contributed by atoms with Crippen molar-refractivity contribution in [2.24, 2.45) is 7.05 Å². The summed E-state index contributed by atoms with van der Waals surface area (Å²) in [5, 5.41) is 5.94. The summed E-state index contributed by atoms with van der Waals surface area (Å²) >= 11 is 1.20. The Balaban J connectivity index is 1.93. The monoisotopic (exact) mass is 347 g/mol. The Morgan fingerprint density at radius 2 is 1.96 bits per heavy atom. The zero-order chi connectivity index (χ0) is 16.6. The highest BCUT2D eigenvalue weighted by Crippen LogP contribution is 2.30. The van der Waals surface area contributed by atoms with Gasteiger partial charge in [0.15, 0.2) is 0 Å². The Morgan fingerprint density at radius 1 is 1.17 bits per heavy atom. The molecule has 0 aliphatic rings. The molecule has 0 unspecified atom stereocenters. The fraction of sp³-hybridized carbons (Fsp3) is 0.188. The van der Waals surface area contributed by atoms with Crippen molar-refractivity contribution in [2.45, 2.75) is 18.1 Å². The summed E-state index contributed by atoms with van der Waals surface area (Å²) in [7, 11) is -1.77. The van der Waals surface area contributed by atoms with Crippen molar-refractivity contribution in [3.8, 4) is 11.3 Å². The van der Waals surface area contributed by atoms with Crippen LogP contribution in [-0.4, -0.2) is 18.2 Å². The smallest absolute Gasteiger partial charge is 0.271 e. The van der Waals surface area contributed by atoms with Crippen LogP contribution in [0.1, 0.15) is 11.1 Å². The van der Waals surface area contributed by atoms with Crippen LogP contribution in [0.2, 0.25) is 0 Å². The van der Waals surface area contributed by atoms with E-state index < -0.39 is 10.0 Å². The van der Waals surface area contributed by atoms with Crippen molar-refractivity contribution in [1.29, 1.82) is 0 Å². The molecule has 0 spiro atoms. The van der Waals surface area contributed by atoms with Crippen molar-refractivity contribution in [1.82, 2.24) is 9.78 Å². The summed E-state index contributed by atoms with van der Waals surface area (Å²) in [5.74, 6) is 0. The van der Waals surface area contributed by atoms with E-state index in [1.54, 1.807) is 16.9 Å². The molecule has 1 N–H and O–H groups in total. The molecular weight excluding hydrogens is 330 g/mol. The summed E-state index contributed by atoms with van der Waals surface area (Å²) in [6.45, 7) is 3.82. The maximum absolute atomic E-state index is 12.6. The lowest BCUT2D eigenvalue weighted by Gasteiger charge is -2.10. The Kier molecular flexibility index (Phi) is 3.99. The second-order valence-electron chi connectivity index (χ2n) is 5.42. The molecule has 0 saturated heterocycles. The van der Waals surface area contributed by atoms with Gasteiger partial charge in [0.2, 0.25) is 0 Å². The zero-order valence-corrected chi connectivity index (χ0v) is 14.7. The van der Waals surface area contributed by atoms with Crippen LogP contribution in [0.3, 0.4) is 0 Å². The van der Waals surface area contributed by atoms with Gasteiger partial charge in [0.25, 0.3) is 10.0 Å².